The summed E-state index contributed by atoms with van der Waals surface area (Å²) in [6.07, 6.45) is -1.46. The van der Waals surface area contributed by atoms with Crippen molar-refractivity contribution < 1.29 is 54.0 Å². The van der Waals surface area contributed by atoms with Crippen LogP contribution in [0.2, 0.25) is 0 Å². The van der Waals surface area contributed by atoms with Crippen molar-refractivity contribution in [3.8, 4) is 5.75 Å². The third kappa shape index (κ3) is 15.4. The number of nitrogens with zero attached hydrogens (tertiary/aromatic N) is 2. The fraction of sp³-hybridized carbons (Fsp3) is 0.600. The van der Waals surface area contributed by atoms with Crippen molar-refractivity contribution in [3.05, 3.63) is 29.8 Å². The number of nitrogens with one attached hydrogen (secondary N) is 4. The number of carbonyl (C=O) groups excluding carboxylic acids is 5. The first-order valence-electron chi connectivity index (χ1n) is 18.0. The third-order valence-corrected chi connectivity index (χ3v) is 8.80. The molecule has 1 aliphatic rings. The molecule has 1 heterocycles. The molecule has 2 rings (SSSR count). The van der Waals surface area contributed by atoms with Crippen LogP contribution in [0.4, 0.5) is 0 Å². The van der Waals surface area contributed by atoms with Crippen LogP contribution >= 0.6 is 0 Å². The Kier molecular flexibility index (Phi) is 18.3. The molecule has 0 unspecified atom stereocenters. The van der Waals surface area contributed by atoms with E-state index in [1.165, 1.54) is 31.2 Å². The third-order valence-electron chi connectivity index (χ3n) is 8.80. The molecule has 20 heteroatoms. The van der Waals surface area contributed by atoms with Crippen LogP contribution in [-0.4, -0.2) is 128 Å². The van der Waals surface area contributed by atoms with Crippen molar-refractivity contribution >= 4 is 47.4 Å². The molecule has 0 radical (unpaired) electrons. The lowest BCUT2D eigenvalue weighted by Crippen LogP contribution is -2.61. The molecular weight excluding hydrogens is 722 g/mol. The Bertz CT molecular complexity index is 1530. The van der Waals surface area contributed by atoms with E-state index in [1.807, 2.05) is 0 Å². The average molecular weight is 778 g/mol. The maximum Gasteiger partial charge on any atom is 0.326 e. The van der Waals surface area contributed by atoms with Gasteiger partial charge in [-0.1, -0.05) is 26.0 Å². The highest BCUT2D eigenvalue weighted by atomic mass is 16.4. The normalized spacial score (nSPS) is 17.1. The van der Waals surface area contributed by atoms with Gasteiger partial charge in [0.2, 0.25) is 29.5 Å². The average Bonchev–Trinajstić information content (AvgIpc) is 3.60. The molecule has 1 fully saturated rings. The number of rotatable bonds is 22. The molecule has 20 nitrogen and oxygen atoms in total. The first-order valence-corrected chi connectivity index (χ1v) is 18.0. The number of hydrogen-bond donors (Lipinski definition) is 11. The van der Waals surface area contributed by atoms with E-state index in [2.05, 4.69) is 26.3 Å². The van der Waals surface area contributed by atoms with Crippen molar-refractivity contribution in [3.63, 3.8) is 0 Å². The standard InChI is InChI=1S/C35H55N9O11/c1-18(2)16-25(34(54)55)42-30(50)23(12-13-27(47)48)40-32(52)26-7-5-15-44(26)33(53)28(19(3)45)43-31(51)24(17-20-8-10-21(46)11-9-20)41-29(49)22(36)6-4-14-39-35(37)38/h8-11,18-19,22-26,28,45-46H,4-7,12-17,36H2,1-3H3,(H,40,52)(H,41,49)(H,42,50)(H,43,51)(H,47,48)(H,54,55)(H4,37,38,39)/t19-,22-,23+,24+,25+,26+,28+/m1/s1. The first kappa shape index (κ1) is 45.7. The maximum atomic E-state index is 13.9. The highest BCUT2D eigenvalue weighted by Gasteiger charge is 2.41. The minimum absolute atomic E-state index is 0.0276. The molecule has 7 atom stereocenters. The van der Waals surface area contributed by atoms with Gasteiger partial charge in [0.25, 0.3) is 0 Å². The van der Waals surface area contributed by atoms with Crippen LogP contribution in [0.5, 0.6) is 5.75 Å². The van der Waals surface area contributed by atoms with Gasteiger partial charge in [0, 0.05) is 25.9 Å². The summed E-state index contributed by atoms with van der Waals surface area (Å²) in [5.74, 6) is -6.99. The van der Waals surface area contributed by atoms with Gasteiger partial charge >= 0.3 is 11.9 Å². The molecule has 1 saturated heterocycles. The predicted molar refractivity (Wildman–Crippen MR) is 198 cm³/mol. The second-order valence-electron chi connectivity index (χ2n) is 13.9. The topological polar surface area (TPSA) is 342 Å². The molecule has 0 saturated carbocycles. The number of hydrogen-bond acceptors (Lipinski definition) is 11. The number of aliphatic carboxylic acids is 2. The van der Waals surface area contributed by atoms with E-state index >= 15 is 0 Å². The predicted octanol–water partition coefficient (Wildman–Crippen LogP) is -2.38. The van der Waals surface area contributed by atoms with Gasteiger partial charge in [-0.05, 0) is 69.1 Å². The van der Waals surface area contributed by atoms with E-state index in [1.54, 1.807) is 13.8 Å². The quantitative estimate of drug-likeness (QED) is 0.0333. The Morgan fingerprint density at radius 1 is 0.873 bits per heavy atom. The highest BCUT2D eigenvalue weighted by Crippen LogP contribution is 2.21. The number of likely N-dealkylation sites (tertiary alicyclic amines) is 1. The molecule has 1 aliphatic heterocycles. The van der Waals surface area contributed by atoms with E-state index in [0.717, 1.165) is 4.90 Å². The van der Waals surface area contributed by atoms with Gasteiger partial charge < -0.3 is 63.8 Å². The molecule has 1 aromatic carbocycles. The molecule has 0 spiro atoms. The van der Waals surface area contributed by atoms with Gasteiger partial charge in [-0.3, -0.25) is 33.8 Å². The van der Waals surface area contributed by atoms with Crippen LogP contribution < -0.4 is 38.5 Å². The molecule has 0 aliphatic carbocycles. The summed E-state index contributed by atoms with van der Waals surface area (Å²) in [6.45, 7) is 5.00. The van der Waals surface area contributed by atoms with Gasteiger partial charge in [-0.25, -0.2) is 4.79 Å². The summed E-state index contributed by atoms with van der Waals surface area (Å²) >= 11 is 0. The number of carboxylic acids is 2. The smallest absolute Gasteiger partial charge is 0.326 e. The van der Waals surface area contributed by atoms with Crippen molar-refractivity contribution in [2.75, 3.05) is 13.1 Å². The fourth-order valence-corrected chi connectivity index (χ4v) is 5.90. The van der Waals surface area contributed by atoms with Crippen molar-refractivity contribution in [1.29, 1.82) is 0 Å². The summed E-state index contributed by atoms with van der Waals surface area (Å²) in [5.41, 5.74) is 17.2. The SMILES string of the molecule is CC(C)C[C@H](NC(=O)[C@H](CCC(=O)O)NC(=O)[C@@H]1CCCN1C(=O)[C@@H](NC(=O)[C@H](Cc1ccc(O)cc1)NC(=O)[C@H](N)CCCN=C(N)N)[C@@H](C)O)C(=O)O. The van der Waals surface area contributed by atoms with Gasteiger partial charge in [-0.2, -0.15) is 0 Å². The van der Waals surface area contributed by atoms with Crippen molar-refractivity contribution in [2.24, 2.45) is 28.1 Å². The summed E-state index contributed by atoms with van der Waals surface area (Å²) < 4.78 is 0. The van der Waals surface area contributed by atoms with E-state index in [-0.39, 0.29) is 62.8 Å². The van der Waals surface area contributed by atoms with E-state index < -0.39 is 90.3 Å². The zero-order chi connectivity index (χ0) is 41.4. The molecule has 14 N–H and O–H groups in total. The summed E-state index contributed by atoms with van der Waals surface area (Å²) in [7, 11) is 0. The molecule has 55 heavy (non-hydrogen) atoms. The first-order chi connectivity index (χ1) is 25.8. The van der Waals surface area contributed by atoms with Gasteiger partial charge in [0.15, 0.2) is 5.96 Å². The van der Waals surface area contributed by atoms with Crippen LogP contribution in [0.25, 0.3) is 0 Å². The Hall–Kier alpha value is -5.50. The van der Waals surface area contributed by atoms with Crippen LogP contribution in [0.3, 0.4) is 0 Å². The minimum atomic E-state index is -1.60. The van der Waals surface area contributed by atoms with Crippen molar-refractivity contribution in [1.82, 2.24) is 26.2 Å². The van der Waals surface area contributed by atoms with E-state index in [0.29, 0.717) is 18.4 Å². The minimum Gasteiger partial charge on any atom is -0.508 e. The van der Waals surface area contributed by atoms with Gasteiger partial charge in [0.1, 0.15) is 36.0 Å². The number of phenolic OH excluding ortho intramolecular Hbond substituents is 1. The molecule has 306 valence electrons. The summed E-state index contributed by atoms with van der Waals surface area (Å²) in [5, 5.41) is 49.1. The highest BCUT2D eigenvalue weighted by molar-refractivity contribution is 5.97. The van der Waals surface area contributed by atoms with Crippen LogP contribution in [-0.2, 0) is 40.0 Å². The molecule has 0 aromatic heterocycles. The Labute approximate surface area is 318 Å². The second kappa shape index (κ2) is 22.0. The number of guanidine groups is 1. The van der Waals surface area contributed by atoms with Crippen molar-refractivity contribution in [2.45, 2.75) is 114 Å². The number of aromatic hydroxyl groups is 1. The fourth-order valence-electron chi connectivity index (χ4n) is 5.90. The lowest BCUT2D eigenvalue weighted by atomic mass is 10.0. The molecule has 5 amide bonds. The van der Waals surface area contributed by atoms with E-state index in [4.69, 9.17) is 17.2 Å². The largest absolute Gasteiger partial charge is 0.508 e. The number of aliphatic hydroxyl groups excluding tert-OH is 1. The van der Waals surface area contributed by atoms with Crippen LogP contribution in [0, 0.1) is 5.92 Å². The second-order valence-corrected chi connectivity index (χ2v) is 13.9. The Morgan fingerprint density at radius 3 is 2.05 bits per heavy atom. The Balaban J connectivity index is 2.27. The molecule has 1 aromatic rings. The number of carboxylic acid groups (broad SMARTS) is 2. The summed E-state index contributed by atoms with van der Waals surface area (Å²) in [6, 6.07) is -2.11. The number of amides is 5. The molecular formula is C35H55N9O11. The number of carbonyl (C=O) groups is 7. The maximum absolute atomic E-state index is 13.9. The number of aliphatic hydroxyl groups is 1. The lowest BCUT2D eigenvalue weighted by Gasteiger charge is -2.32. The lowest BCUT2D eigenvalue weighted by molar-refractivity contribution is -0.145. The van der Waals surface area contributed by atoms with Crippen LogP contribution in [0.15, 0.2) is 29.3 Å². The number of benzene rings is 1. The van der Waals surface area contributed by atoms with Gasteiger partial charge in [-0.15, -0.1) is 0 Å². The Morgan fingerprint density at radius 2 is 1.49 bits per heavy atom. The zero-order valence-electron chi connectivity index (χ0n) is 31.3. The number of aliphatic imine (C=N–C) groups is 1. The van der Waals surface area contributed by atoms with Gasteiger partial charge in [0.05, 0.1) is 12.1 Å². The zero-order valence-corrected chi connectivity index (χ0v) is 31.3. The molecule has 0 bridgehead atoms. The van der Waals surface area contributed by atoms with Crippen LogP contribution in [0.1, 0.15) is 71.3 Å². The monoisotopic (exact) mass is 777 g/mol. The number of phenols is 1. The summed E-state index contributed by atoms with van der Waals surface area (Å²) in [4.78, 5) is 95.5. The van der Waals surface area contributed by atoms with E-state index in [9.17, 15) is 54.0 Å². The number of nitrogens with two attached hydrogens (primary N) is 3.